The molecule has 35 heavy (non-hydrogen) atoms. The van der Waals surface area contributed by atoms with Crippen LogP contribution in [0.5, 0.6) is 11.5 Å². The lowest BCUT2D eigenvalue weighted by Gasteiger charge is -2.54. The van der Waals surface area contributed by atoms with Crippen molar-refractivity contribution >= 4 is 5.82 Å². The second-order valence-electron chi connectivity index (χ2n) is 10.4. The molecule has 4 heterocycles. The molecule has 8 heteroatoms. The predicted molar refractivity (Wildman–Crippen MR) is 133 cm³/mol. The van der Waals surface area contributed by atoms with E-state index in [9.17, 15) is 9.18 Å². The van der Waals surface area contributed by atoms with Crippen molar-refractivity contribution in [2.75, 3.05) is 38.1 Å². The van der Waals surface area contributed by atoms with Gasteiger partial charge >= 0.3 is 0 Å². The maximum absolute atomic E-state index is 14.5. The van der Waals surface area contributed by atoms with Crippen LogP contribution in [0.2, 0.25) is 0 Å². The number of likely N-dealkylation sites (tertiary alicyclic amines) is 1. The third-order valence-electron chi connectivity index (χ3n) is 7.84. The predicted octanol–water partition coefficient (Wildman–Crippen LogP) is 4.18. The van der Waals surface area contributed by atoms with Gasteiger partial charge in [0.15, 0.2) is 11.6 Å². The van der Waals surface area contributed by atoms with E-state index in [1.165, 1.54) is 25.0 Å². The lowest BCUT2D eigenvalue weighted by molar-refractivity contribution is 0.0897. The second-order valence-corrected chi connectivity index (χ2v) is 10.4. The molecule has 3 aromatic rings. The molecule has 1 spiro atoms. The summed E-state index contributed by atoms with van der Waals surface area (Å²) in [5, 5.41) is 0. The van der Waals surface area contributed by atoms with Gasteiger partial charge in [0.1, 0.15) is 17.9 Å². The van der Waals surface area contributed by atoms with Crippen molar-refractivity contribution < 1.29 is 9.13 Å². The molecule has 0 N–H and O–H groups in total. The lowest BCUT2D eigenvalue weighted by atomic mass is 9.72. The van der Waals surface area contributed by atoms with E-state index in [1.54, 1.807) is 36.3 Å². The Hall–Kier alpha value is -3.26. The Morgan fingerprint density at radius 3 is 2.57 bits per heavy atom. The highest BCUT2D eigenvalue weighted by atomic mass is 19.1. The molecule has 182 valence electrons. The Morgan fingerprint density at radius 2 is 1.83 bits per heavy atom. The quantitative estimate of drug-likeness (QED) is 0.552. The van der Waals surface area contributed by atoms with E-state index in [0.29, 0.717) is 34.1 Å². The van der Waals surface area contributed by atoms with Crippen LogP contribution in [0.25, 0.3) is 11.3 Å². The van der Waals surface area contributed by atoms with E-state index in [2.05, 4.69) is 26.8 Å². The summed E-state index contributed by atoms with van der Waals surface area (Å²) in [6, 6.07) is 7.93. The number of benzene rings is 1. The van der Waals surface area contributed by atoms with Crippen LogP contribution < -0.4 is 15.2 Å². The maximum Gasteiger partial charge on any atom is 0.250 e. The van der Waals surface area contributed by atoms with Gasteiger partial charge in [-0.05, 0) is 75.5 Å². The van der Waals surface area contributed by atoms with Gasteiger partial charge in [0.05, 0.1) is 11.9 Å². The van der Waals surface area contributed by atoms with Gasteiger partial charge < -0.3 is 19.1 Å². The van der Waals surface area contributed by atoms with Crippen molar-refractivity contribution in [3.8, 4) is 22.8 Å². The van der Waals surface area contributed by atoms with Gasteiger partial charge in [-0.1, -0.05) is 6.07 Å². The van der Waals surface area contributed by atoms with E-state index in [0.717, 1.165) is 50.4 Å². The van der Waals surface area contributed by atoms with Crippen LogP contribution in [0.15, 0.2) is 47.7 Å². The molecule has 0 bridgehead atoms. The standard InChI is InChI=1S/C27H30FN5O2/c1-31-11-9-27(10-12-31)15-33(16-27)26-23(14-29-17-30-26)35-22-7-5-19(28)13-21(22)25-20(18-3-4-18)6-8-24(34)32(25)2/h5-8,13-14,17-18H,3-4,9-12,15-16H2,1-2H3. The fourth-order valence-corrected chi connectivity index (χ4v) is 5.55. The first-order valence-corrected chi connectivity index (χ1v) is 12.3. The number of nitrogens with zero attached hydrogens (tertiary/aromatic N) is 5. The Bertz CT molecular complexity index is 1320. The first-order valence-electron chi connectivity index (χ1n) is 12.3. The minimum Gasteiger partial charge on any atom is -0.451 e. The van der Waals surface area contributed by atoms with Crippen molar-refractivity contribution in [2.45, 2.75) is 31.6 Å². The minimum atomic E-state index is -0.373. The summed E-state index contributed by atoms with van der Waals surface area (Å²) in [7, 11) is 3.91. The molecular formula is C27H30FN5O2. The molecule has 1 aromatic carbocycles. The molecule has 1 aliphatic carbocycles. The van der Waals surface area contributed by atoms with Gasteiger partial charge in [-0.15, -0.1) is 0 Å². The highest BCUT2D eigenvalue weighted by molar-refractivity contribution is 5.72. The molecule has 0 atom stereocenters. The number of aromatic nitrogens is 3. The number of ether oxygens (including phenoxy) is 1. The highest BCUT2D eigenvalue weighted by Gasteiger charge is 2.45. The van der Waals surface area contributed by atoms with E-state index in [-0.39, 0.29) is 11.4 Å². The van der Waals surface area contributed by atoms with Crippen LogP contribution in [0, 0.1) is 11.2 Å². The average Bonchev–Trinajstić information content (AvgIpc) is 3.67. The summed E-state index contributed by atoms with van der Waals surface area (Å²) >= 11 is 0. The number of anilines is 1. The zero-order chi connectivity index (χ0) is 24.2. The number of hydrogen-bond donors (Lipinski definition) is 0. The van der Waals surface area contributed by atoms with E-state index >= 15 is 0 Å². The zero-order valence-electron chi connectivity index (χ0n) is 20.2. The van der Waals surface area contributed by atoms with E-state index in [4.69, 9.17) is 4.74 Å². The summed E-state index contributed by atoms with van der Waals surface area (Å²) in [5.74, 6) is 1.79. The topological polar surface area (TPSA) is 63.5 Å². The molecular weight excluding hydrogens is 445 g/mol. The molecule has 0 amide bonds. The number of piperidine rings is 1. The lowest BCUT2D eigenvalue weighted by Crippen LogP contribution is -2.60. The molecule has 6 rings (SSSR count). The normalized spacial score (nSPS) is 19.6. The summed E-state index contributed by atoms with van der Waals surface area (Å²) in [6.45, 7) is 4.14. The van der Waals surface area contributed by atoms with Gasteiger partial charge in [-0.3, -0.25) is 4.79 Å². The van der Waals surface area contributed by atoms with Crippen LogP contribution >= 0.6 is 0 Å². The molecule has 2 aliphatic heterocycles. The van der Waals surface area contributed by atoms with Crippen molar-refractivity contribution in [1.29, 1.82) is 0 Å². The highest BCUT2D eigenvalue weighted by Crippen LogP contribution is 2.47. The molecule has 7 nitrogen and oxygen atoms in total. The van der Waals surface area contributed by atoms with Gasteiger partial charge in [-0.2, -0.15) is 0 Å². The van der Waals surface area contributed by atoms with Crippen LogP contribution in [0.1, 0.15) is 37.2 Å². The Morgan fingerprint density at radius 1 is 1.06 bits per heavy atom. The van der Waals surface area contributed by atoms with Crippen LogP contribution in [0.4, 0.5) is 10.2 Å². The molecule has 3 aliphatic rings. The number of rotatable bonds is 5. The smallest absolute Gasteiger partial charge is 0.250 e. The van der Waals surface area contributed by atoms with Crippen molar-refractivity contribution in [2.24, 2.45) is 12.5 Å². The van der Waals surface area contributed by atoms with Gasteiger partial charge in [0.2, 0.25) is 0 Å². The fourth-order valence-electron chi connectivity index (χ4n) is 5.55. The molecule has 0 unspecified atom stereocenters. The largest absolute Gasteiger partial charge is 0.451 e. The summed E-state index contributed by atoms with van der Waals surface area (Å²) in [4.78, 5) is 25.9. The molecule has 2 aromatic heterocycles. The molecule has 3 fully saturated rings. The van der Waals surface area contributed by atoms with Crippen LogP contribution in [-0.4, -0.2) is 52.7 Å². The maximum atomic E-state index is 14.5. The van der Waals surface area contributed by atoms with Crippen molar-refractivity contribution in [3.63, 3.8) is 0 Å². The Labute approximate surface area is 204 Å². The van der Waals surface area contributed by atoms with Gasteiger partial charge in [-0.25, -0.2) is 14.4 Å². The van der Waals surface area contributed by atoms with Crippen LogP contribution in [0.3, 0.4) is 0 Å². The number of hydrogen-bond acceptors (Lipinski definition) is 6. The summed E-state index contributed by atoms with van der Waals surface area (Å²) < 4.78 is 22.5. The van der Waals surface area contributed by atoms with Gasteiger partial charge in [0.25, 0.3) is 5.56 Å². The monoisotopic (exact) mass is 475 g/mol. The van der Waals surface area contributed by atoms with E-state index in [1.807, 2.05) is 6.07 Å². The third-order valence-corrected chi connectivity index (χ3v) is 7.84. The number of pyridine rings is 1. The summed E-state index contributed by atoms with van der Waals surface area (Å²) in [6.07, 6.45) is 7.73. The number of halogens is 1. The van der Waals surface area contributed by atoms with Gasteiger partial charge in [0, 0.05) is 37.2 Å². The summed E-state index contributed by atoms with van der Waals surface area (Å²) in [5.41, 5.74) is 2.54. The average molecular weight is 476 g/mol. The Kier molecular flexibility index (Phi) is 5.36. The zero-order valence-corrected chi connectivity index (χ0v) is 20.2. The molecule has 2 saturated heterocycles. The second kappa shape index (κ2) is 8.45. The molecule has 0 radical (unpaired) electrons. The SMILES string of the molecule is CN1CCC2(CC1)CN(c1ncncc1Oc1ccc(F)cc1-c1c(C3CC3)ccc(=O)n1C)C2. The van der Waals surface area contributed by atoms with Crippen molar-refractivity contribution in [3.05, 3.63) is 64.6 Å². The first-order chi connectivity index (χ1) is 16.9. The van der Waals surface area contributed by atoms with Crippen molar-refractivity contribution in [1.82, 2.24) is 19.4 Å². The molecule has 1 saturated carbocycles. The van der Waals surface area contributed by atoms with E-state index < -0.39 is 0 Å². The Balaban J connectivity index is 1.34. The fraction of sp³-hybridized carbons (Fsp3) is 0.444. The third kappa shape index (κ3) is 4.10. The first kappa shape index (κ1) is 22.2. The van der Waals surface area contributed by atoms with Crippen LogP contribution in [-0.2, 0) is 7.05 Å². The minimum absolute atomic E-state index is 0.132.